The summed E-state index contributed by atoms with van der Waals surface area (Å²) in [6, 6.07) is 43.8. The molecule has 2 nitrogen and oxygen atoms in total. The van der Waals surface area contributed by atoms with E-state index in [2.05, 4.69) is 155 Å². The van der Waals surface area contributed by atoms with E-state index in [-0.39, 0.29) is 0 Å². The van der Waals surface area contributed by atoms with Crippen LogP contribution >= 0.6 is 0 Å². The van der Waals surface area contributed by atoms with Crippen LogP contribution in [0.2, 0.25) is 0 Å². The van der Waals surface area contributed by atoms with Crippen molar-refractivity contribution in [2.24, 2.45) is 0 Å². The third-order valence-corrected chi connectivity index (χ3v) is 7.21. The van der Waals surface area contributed by atoms with Crippen LogP contribution in [0.1, 0.15) is 34.7 Å². The number of rotatable bonds is 9. The molecular formula is C35H36N2. The van der Waals surface area contributed by atoms with Crippen molar-refractivity contribution in [3.63, 3.8) is 0 Å². The summed E-state index contributed by atoms with van der Waals surface area (Å²) >= 11 is 0. The highest BCUT2D eigenvalue weighted by molar-refractivity contribution is 5.51. The van der Waals surface area contributed by atoms with Crippen LogP contribution in [0.3, 0.4) is 0 Å². The van der Waals surface area contributed by atoms with E-state index in [1.54, 1.807) is 0 Å². The van der Waals surface area contributed by atoms with Crippen molar-refractivity contribution in [3.05, 3.63) is 156 Å². The zero-order valence-corrected chi connectivity index (χ0v) is 21.4. The lowest BCUT2D eigenvalue weighted by atomic mass is 9.96. The van der Waals surface area contributed by atoms with Gasteiger partial charge in [-0.05, 0) is 28.7 Å². The zero-order valence-electron chi connectivity index (χ0n) is 21.4. The van der Waals surface area contributed by atoms with Crippen LogP contribution in [0, 0.1) is 0 Å². The van der Waals surface area contributed by atoms with Crippen LogP contribution in [0.5, 0.6) is 0 Å². The molecule has 1 aliphatic rings. The molecule has 0 aliphatic carbocycles. The lowest BCUT2D eigenvalue weighted by molar-refractivity contribution is 0.0928. The largest absolute Gasteiger partial charge is 0.294 e. The maximum Gasteiger partial charge on any atom is 0.0602 e. The third kappa shape index (κ3) is 6.95. The van der Waals surface area contributed by atoms with E-state index >= 15 is 0 Å². The molecule has 1 saturated heterocycles. The molecule has 0 N–H and O–H groups in total. The topological polar surface area (TPSA) is 6.48 Å². The first-order valence-electron chi connectivity index (χ1n) is 13.4. The highest BCUT2D eigenvalue weighted by Gasteiger charge is 2.28. The maximum absolute atomic E-state index is 2.65. The van der Waals surface area contributed by atoms with E-state index in [0.29, 0.717) is 12.1 Å². The van der Waals surface area contributed by atoms with Gasteiger partial charge in [0.15, 0.2) is 0 Å². The Labute approximate surface area is 222 Å². The molecule has 1 heterocycles. The Hall–Kier alpha value is -3.72. The first-order valence-corrected chi connectivity index (χ1v) is 13.4. The standard InChI is InChI=1S/C35H36N2/c1-5-14-30(15-6-1)18-13-23-34(25-24-31-16-7-2-8-17-31)36-26-28-37(29-27-36)35(32-19-9-3-10-20-32)33-21-11-4-12-22-33/h1-22,24-25,34-35H,23,26-29H2/b18-13+,25-24+/t34-/m1/s1. The minimum atomic E-state index is 0.292. The molecule has 4 aromatic carbocycles. The molecule has 186 valence electrons. The number of nitrogens with zero attached hydrogens (tertiary/aromatic N) is 2. The minimum absolute atomic E-state index is 0.292. The second kappa shape index (κ2) is 13.0. The maximum atomic E-state index is 2.65. The third-order valence-electron chi connectivity index (χ3n) is 7.21. The number of hydrogen-bond donors (Lipinski definition) is 0. The highest BCUT2D eigenvalue weighted by atomic mass is 15.3. The molecule has 5 rings (SSSR count). The summed E-state index contributed by atoms with van der Waals surface area (Å²) in [5, 5.41) is 0. The van der Waals surface area contributed by atoms with E-state index in [1.165, 1.54) is 22.3 Å². The monoisotopic (exact) mass is 484 g/mol. The molecule has 0 unspecified atom stereocenters. The van der Waals surface area contributed by atoms with Crippen molar-refractivity contribution in [1.82, 2.24) is 9.80 Å². The summed E-state index contributed by atoms with van der Waals surface area (Å²) in [7, 11) is 0. The first-order chi connectivity index (χ1) is 18.4. The summed E-state index contributed by atoms with van der Waals surface area (Å²) in [6.07, 6.45) is 10.3. The molecule has 1 atom stereocenters. The predicted octanol–water partition coefficient (Wildman–Crippen LogP) is 7.58. The van der Waals surface area contributed by atoms with Gasteiger partial charge in [-0.3, -0.25) is 9.80 Å². The summed E-state index contributed by atoms with van der Waals surface area (Å²) in [4.78, 5) is 5.30. The second-order valence-electron chi connectivity index (χ2n) is 9.68. The summed E-state index contributed by atoms with van der Waals surface area (Å²) in [6.45, 7) is 4.21. The van der Waals surface area contributed by atoms with Gasteiger partial charge in [0.05, 0.1) is 6.04 Å². The van der Waals surface area contributed by atoms with Crippen LogP contribution < -0.4 is 0 Å². The Morgan fingerprint density at radius 2 is 0.946 bits per heavy atom. The van der Waals surface area contributed by atoms with Gasteiger partial charge in [-0.1, -0.05) is 146 Å². The van der Waals surface area contributed by atoms with Crippen molar-refractivity contribution >= 4 is 12.2 Å². The molecule has 1 fully saturated rings. The molecule has 2 heteroatoms. The Morgan fingerprint density at radius 1 is 0.514 bits per heavy atom. The van der Waals surface area contributed by atoms with Crippen molar-refractivity contribution in [1.29, 1.82) is 0 Å². The van der Waals surface area contributed by atoms with Gasteiger partial charge >= 0.3 is 0 Å². The van der Waals surface area contributed by atoms with Crippen LogP contribution in [0.4, 0.5) is 0 Å². The highest BCUT2D eigenvalue weighted by Crippen LogP contribution is 2.30. The van der Waals surface area contributed by atoms with Crippen molar-refractivity contribution in [2.45, 2.75) is 18.5 Å². The number of piperazine rings is 1. The smallest absolute Gasteiger partial charge is 0.0602 e. The molecule has 0 saturated carbocycles. The molecule has 0 spiro atoms. The van der Waals surface area contributed by atoms with Gasteiger partial charge < -0.3 is 0 Å². The Balaban J connectivity index is 1.31. The van der Waals surface area contributed by atoms with Crippen LogP contribution in [0.25, 0.3) is 12.2 Å². The number of hydrogen-bond acceptors (Lipinski definition) is 2. The fourth-order valence-corrected chi connectivity index (χ4v) is 5.26. The molecular weight excluding hydrogens is 448 g/mol. The average Bonchev–Trinajstić information content (AvgIpc) is 2.98. The zero-order chi connectivity index (χ0) is 25.1. The van der Waals surface area contributed by atoms with Gasteiger partial charge in [0.1, 0.15) is 0 Å². The van der Waals surface area contributed by atoms with Gasteiger partial charge in [-0.25, -0.2) is 0 Å². The Bertz CT molecular complexity index is 1200. The summed E-state index contributed by atoms with van der Waals surface area (Å²) < 4.78 is 0. The van der Waals surface area contributed by atoms with Crippen molar-refractivity contribution in [3.8, 4) is 0 Å². The molecule has 37 heavy (non-hydrogen) atoms. The molecule has 1 aliphatic heterocycles. The number of benzene rings is 4. The fourth-order valence-electron chi connectivity index (χ4n) is 5.26. The molecule has 0 aromatic heterocycles. The van der Waals surface area contributed by atoms with E-state index < -0.39 is 0 Å². The lowest BCUT2D eigenvalue weighted by Gasteiger charge is -2.42. The van der Waals surface area contributed by atoms with E-state index in [1.807, 2.05) is 0 Å². The summed E-state index contributed by atoms with van der Waals surface area (Å²) in [5.74, 6) is 0. The van der Waals surface area contributed by atoms with Gasteiger partial charge in [0.2, 0.25) is 0 Å². The van der Waals surface area contributed by atoms with Gasteiger partial charge in [-0.2, -0.15) is 0 Å². The minimum Gasteiger partial charge on any atom is -0.294 e. The van der Waals surface area contributed by atoms with Gasteiger partial charge in [0, 0.05) is 32.2 Å². The Morgan fingerprint density at radius 3 is 1.46 bits per heavy atom. The molecule has 0 amide bonds. The quantitative estimate of drug-likeness (QED) is 0.242. The predicted molar refractivity (Wildman–Crippen MR) is 157 cm³/mol. The first kappa shape index (κ1) is 25.0. The van der Waals surface area contributed by atoms with Crippen LogP contribution in [-0.4, -0.2) is 42.0 Å². The van der Waals surface area contributed by atoms with Crippen molar-refractivity contribution < 1.29 is 0 Å². The normalized spacial score (nSPS) is 16.0. The van der Waals surface area contributed by atoms with Crippen LogP contribution in [-0.2, 0) is 0 Å². The Kier molecular flexibility index (Phi) is 8.77. The fraction of sp³-hybridized carbons (Fsp3) is 0.200. The molecule has 0 radical (unpaired) electrons. The van der Waals surface area contributed by atoms with Crippen LogP contribution in [0.15, 0.2) is 133 Å². The van der Waals surface area contributed by atoms with E-state index in [9.17, 15) is 0 Å². The second-order valence-corrected chi connectivity index (χ2v) is 9.68. The van der Waals surface area contributed by atoms with Crippen molar-refractivity contribution in [2.75, 3.05) is 26.2 Å². The van der Waals surface area contributed by atoms with Gasteiger partial charge in [0.25, 0.3) is 0 Å². The average molecular weight is 485 g/mol. The van der Waals surface area contributed by atoms with E-state index in [4.69, 9.17) is 0 Å². The molecule has 0 bridgehead atoms. The molecule has 4 aromatic rings. The van der Waals surface area contributed by atoms with E-state index in [0.717, 1.165) is 32.6 Å². The van der Waals surface area contributed by atoms with Gasteiger partial charge in [-0.15, -0.1) is 0 Å². The summed E-state index contributed by atoms with van der Waals surface area (Å²) in [5.41, 5.74) is 5.25. The SMILES string of the molecule is C(=C\c1ccccc1)/C[C@H](/C=C/c1ccccc1)N1CCN(C(c2ccccc2)c2ccccc2)CC1. The lowest BCUT2D eigenvalue weighted by Crippen LogP contribution is -2.50.